The quantitative estimate of drug-likeness (QED) is 0.610. The number of ether oxygens (including phenoxy) is 1. The first kappa shape index (κ1) is 10.6. The molecule has 0 aromatic heterocycles. The first-order chi connectivity index (χ1) is 6.63. The summed E-state index contributed by atoms with van der Waals surface area (Å²) in [6.07, 6.45) is 1.52. The molecule has 0 bridgehead atoms. The zero-order valence-corrected chi connectivity index (χ0v) is 7.71. The Bertz CT molecular complexity index is 336. The van der Waals surface area contributed by atoms with E-state index in [4.69, 9.17) is 14.8 Å². The molecule has 0 amide bonds. The summed E-state index contributed by atoms with van der Waals surface area (Å²) in [4.78, 5) is 0. The van der Waals surface area contributed by atoms with E-state index in [0.29, 0.717) is 11.3 Å². The van der Waals surface area contributed by atoms with E-state index >= 15 is 0 Å². The molecule has 1 rings (SSSR count). The lowest BCUT2D eigenvalue weighted by molar-refractivity contribution is 0.373. The summed E-state index contributed by atoms with van der Waals surface area (Å²) in [6.45, 7) is 0. The molecule has 0 aliphatic heterocycles. The maximum atomic E-state index is 9.26. The highest BCUT2D eigenvalue weighted by atomic mass is 16.5. The molecule has 0 unspecified atom stereocenters. The van der Waals surface area contributed by atoms with E-state index in [-0.39, 0.29) is 5.75 Å². The van der Waals surface area contributed by atoms with Gasteiger partial charge in [0.25, 0.3) is 0 Å². The SMILES string of the molecule is COc1cc(/C=C/B(O)O)ccc1O. The number of hydrogen-bond donors (Lipinski definition) is 3. The number of phenols is 1. The van der Waals surface area contributed by atoms with Crippen LogP contribution in [0.3, 0.4) is 0 Å². The first-order valence-electron chi connectivity index (χ1n) is 4.05. The molecule has 0 aliphatic rings. The lowest BCUT2D eigenvalue weighted by Crippen LogP contribution is -2.05. The molecule has 0 saturated carbocycles. The van der Waals surface area contributed by atoms with Crippen LogP contribution in [-0.2, 0) is 0 Å². The lowest BCUT2D eigenvalue weighted by Gasteiger charge is -2.03. The van der Waals surface area contributed by atoms with Gasteiger partial charge in [-0.3, -0.25) is 0 Å². The second-order valence-corrected chi connectivity index (χ2v) is 2.70. The molecule has 0 radical (unpaired) electrons. The average molecular weight is 194 g/mol. The van der Waals surface area contributed by atoms with Gasteiger partial charge < -0.3 is 19.9 Å². The maximum absolute atomic E-state index is 9.26. The topological polar surface area (TPSA) is 69.9 Å². The molecule has 1 aromatic rings. The van der Waals surface area contributed by atoms with Gasteiger partial charge in [-0.15, -0.1) is 0 Å². The Labute approximate surface area is 82.2 Å². The zero-order chi connectivity index (χ0) is 10.6. The van der Waals surface area contributed by atoms with Crippen LogP contribution in [0.4, 0.5) is 0 Å². The van der Waals surface area contributed by atoms with Crippen LogP contribution in [0.1, 0.15) is 5.56 Å². The Balaban J connectivity index is 2.89. The van der Waals surface area contributed by atoms with Crippen LogP contribution in [0.5, 0.6) is 11.5 Å². The van der Waals surface area contributed by atoms with Gasteiger partial charge in [0.05, 0.1) is 7.11 Å². The number of rotatable bonds is 3. The molecular formula is C9H11BO4. The summed E-state index contributed by atoms with van der Waals surface area (Å²) in [6, 6.07) is 4.70. The normalized spacial score (nSPS) is 10.5. The molecule has 0 fully saturated rings. The van der Waals surface area contributed by atoms with Crippen molar-refractivity contribution in [3.8, 4) is 11.5 Å². The predicted octanol–water partition coefficient (Wildman–Crippen LogP) is 0.426. The Morgan fingerprint density at radius 2 is 2.07 bits per heavy atom. The molecule has 0 aliphatic carbocycles. The van der Waals surface area contributed by atoms with Crippen LogP contribution in [0.25, 0.3) is 6.08 Å². The molecule has 0 heterocycles. The van der Waals surface area contributed by atoms with Gasteiger partial charge in [0.15, 0.2) is 11.5 Å². The molecule has 14 heavy (non-hydrogen) atoms. The average Bonchev–Trinajstić information content (AvgIpc) is 2.16. The van der Waals surface area contributed by atoms with E-state index in [1.165, 1.54) is 25.2 Å². The van der Waals surface area contributed by atoms with E-state index in [2.05, 4.69) is 0 Å². The summed E-state index contributed by atoms with van der Waals surface area (Å²) in [5.41, 5.74) is 0.716. The van der Waals surface area contributed by atoms with Gasteiger partial charge in [0, 0.05) is 0 Å². The Morgan fingerprint density at radius 1 is 1.36 bits per heavy atom. The fraction of sp³-hybridized carbons (Fsp3) is 0.111. The van der Waals surface area contributed by atoms with Crippen LogP contribution < -0.4 is 4.74 Å². The molecule has 5 heteroatoms. The van der Waals surface area contributed by atoms with Crippen LogP contribution in [-0.4, -0.2) is 29.4 Å². The van der Waals surface area contributed by atoms with Gasteiger partial charge in [0.1, 0.15) is 0 Å². The molecule has 4 nitrogen and oxygen atoms in total. The largest absolute Gasteiger partial charge is 0.504 e. The van der Waals surface area contributed by atoms with Crippen LogP contribution in [0, 0.1) is 0 Å². The summed E-state index contributed by atoms with van der Waals surface area (Å²) < 4.78 is 4.88. The summed E-state index contributed by atoms with van der Waals surface area (Å²) in [7, 11) is -0.0292. The second kappa shape index (κ2) is 4.69. The number of aromatic hydroxyl groups is 1. The van der Waals surface area contributed by atoms with Crippen LogP contribution >= 0.6 is 0 Å². The van der Waals surface area contributed by atoms with Crippen molar-refractivity contribution >= 4 is 13.2 Å². The lowest BCUT2D eigenvalue weighted by atomic mass is 9.91. The van der Waals surface area contributed by atoms with Crippen molar-refractivity contribution in [2.45, 2.75) is 0 Å². The van der Waals surface area contributed by atoms with E-state index in [1.807, 2.05) is 0 Å². The highest BCUT2D eigenvalue weighted by Gasteiger charge is 2.02. The molecule has 3 N–H and O–H groups in total. The van der Waals surface area contributed by atoms with Crippen molar-refractivity contribution < 1.29 is 19.9 Å². The van der Waals surface area contributed by atoms with E-state index < -0.39 is 7.12 Å². The summed E-state index contributed by atoms with van der Waals surface area (Å²) in [5.74, 6) is 1.61. The second-order valence-electron chi connectivity index (χ2n) is 2.70. The maximum Gasteiger partial charge on any atom is 0.480 e. The predicted molar refractivity (Wildman–Crippen MR) is 53.9 cm³/mol. The van der Waals surface area contributed by atoms with Crippen molar-refractivity contribution in [2.24, 2.45) is 0 Å². The van der Waals surface area contributed by atoms with Gasteiger partial charge >= 0.3 is 7.12 Å². The highest BCUT2D eigenvalue weighted by Crippen LogP contribution is 2.26. The fourth-order valence-electron chi connectivity index (χ4n) is 0.995. The third-order valence-corrected chi connectivity index (χ3v) is 1.66. The van der Waals surface area contributed by atoms with Crippen molar-refractivity contribution in [1.82, 2.24) is 0 Å². The zero-order valence-electron chi connectivity index (χ0n) is 7.71. The van der Waals surface area contributed by atoms with Gasteiger partial charge in [0.2, 0.25) is 0 Å². The fourth-order valence-corrected chi connectivity index (χ4v) is 0.995. The molecular weight excluding hydrogens is 183 g/mol. The third kappa shape index (κ3) is 2.79. The minimum Gasteiger partial charge on any atom is -0.504 e. The van der Waals surface area contributed by atoms with Crippen molar-refractivity contribution in [3.63, 3.8) is 0 Å². The van der Waals surface area contributed by atoms with Gasteiger partial charge in [-0.2, -0.15) is 0 Å². The first-order valence-corrected chi connectivity index (χ1v) is 4.05. The van der Waals surface area contributed by atoms with Crippen LogP contribution in [0.2, 0.25) is 0 Å². The Hall–Kier alpha value is -1.46. The van der Waals surface area contributed by atoms with Gasteiger partial charge in [-0.05, 0) is 17.7 Å². The molecule has 1 aromatic carbocycles. The monoisotopic (exact) mass is 194 g/mol. The summed E-state index contributed by atoms with van der Waals surface area (Å²) in [5, 5.41) is 26.4. The molecule has 0 spiro atoms. The number of phenolic OH excluding ortho intramolecular Hbond substituents is 1. The van der Waals surface area contributed by atoms with Crippen molar-refractivity contribution in [3.05, 3.63) is 29.7 Å². The summed E-state index contributed by atoms with van der Waals surface area (Å²) >= 11 is 0. The van der Waals surface area contributed by atoms with E-state index in [1.54, 1.807) is 12.1 Å². The van der Waals surface area contributed by atoms with Crippen molar-refractivity contribution in [2.75, 3.05) is 7.11 Å². The number of methoxy groups -OCH3 is 1. The van der Waals surface area contributed by atoms with E-state index in [9.17, 15) is 5.11 Å². The van der Waals surface area contributed by atoms with Crippen molar-refractivity contribution in [1.29, 1.82) is 0 Å². The Kier molecular flexibility index (Phi) is 3.56. The minimum atomic E-state index is -1.48. The third-order valence-electron chi connectivity index (χ3n) is 1.66. The Morgan fingerprint density at radius 3 is 2.64 bits per heavy atom. The molecule has 0 atom stereocenters. The van der Waals surface area contributed by atoms with Crippen LogP contribution in [0.15, 0.2) is 24.2 Å². The number of hydrogen-bond acceptors (Lipinski definition) is 4. The standard InChI is InChI=1S/C9H11BO4/c1-14-9-6-7(2-3-8(9)11)4-5-10(12)13/h2-6,11-13H,1H3/b5-4+. The molecule has 74 valence electrons. The minimum absolute atomic E-state index is 0.0502. The number of benzene rings is 1. The highest BCUT2D eigenvalue weighted by molar-refractivity contribution is 6.48. The van der Waals surface area contributed by atoms with Gasteiger partial charge in [-0.1, -0.05) is 18.1 Å². The smallest absolute Gasteiger partial charge is 0.480 e. The molecule has 0 saturated heterocycles. The van der Waals surface area contributed by atoms with E-state index in [0.717, 1.165) is 0 Å². The van der Waals surface area contributed by atoms with Gasteiger partial charge in [-0.25, -0.2) is 0 Å².